The maximum Gasteiger partial charge on any atom is 0.243 e. The molecule has 1 aliphatic rings. The molecule has 0 spiro atoms. The summed E-state index contributed by atoms with van der Waals surface area (Å²) >= 11 is 0. The standard InChI is InChI=1S/C16H20FN3O2S/c1-12-14(17)6-5-7-15(12)23(21,22)19(2)10-13-11-20-9-4-3-8-16(20)18-13/h5-7,11H,3-4,8-10H2,1-2H3. The monoisotopic (exact) mass is 337 g/mol. The molecule has 0 unspecified atom stereocenters. The summed E-state index contributed by atoms with van der Waals surface area (Å²) in [5.41, 5.74) is 0.866. The summed E-state index contributed by atoms with van der Waals surface area (Å²) in [5, 5.41) is 0. The van der Waals surface area contributed by atoms with E-state index in [2.05, 4.69) is 9.55 Å². The van der Waals surface area contributed by atoms with Crippen molar-refractivity contribution in [2.75, 3.05) is 7.05 Å². The average Bonchev–Trinajstić information content (AvgIpc) is 2.92. The van der Waals surface area contributed by atoms with E-state index in [4.69, 9.17) is 0 Å². The lowest BCUT2D eigenvalue weighted by Crippen LogP contribution is -2.27. The van der Waals surface area contributed by atoms with Crippen LogP contribution in [-0.4, -0.2) is 29.3 Å². The van der Waals surface area contributed by atoms with Crippen LogP contribution in [0.1, 0.15) is 29.9 Å². The van der Waals surface area contributed by atoms with Gasteiger partial charge in [-0.2, -0.15) is 4.31 Å². The molecule has 1 aliphatic heterocycles. The van der Waals surface area contributed by atoms with Crippen molar-refractivity contribution in [3.63, 3.8) is 0 Å². The Balaban J connectivity index is 1.85. The average molecular weight is 337 g/mol. The number of aromatic nitrogens is 2. The summed E-state index contributed by atoms with van der Waals surface area (Å²) in [6, 6.07) is 4.11. The maximum absolute atomic E-state index is 13.7. The molecule has 2 aromatic rings. The van der Waals surface area contributed by atoms with E-state index in [-0.39, 0.29) is 17.0 Å². The van der Waals surface area contributed by atoms with Crippen LogP contribution in [0, 0.1) is 12.7 Å². The van der Waals surface area contributed by atoms with Crippen molar-refractivity contribution in [1.82, 2.24) is 13.9 Å². The van der Waals surface area contributed by atoms with Gasteiger partial charge in [0.15, 0.2) is 0 Å². The van der Waals surface area contributed by atoms with Crippen molar-refractivity contribution in [2.24, 2.45) is 0 Å². The van der Waals surface area contributed by atoms with Gasteiger partial charge in [-0.05, 0) is 31.9 Å². The van der Waals surface area contributed by atoms with Gasteiger partial charge in [0, 0.05) is 31.8 Å². The summed E-state index contributed by atoms with van der Waals surface area (Å²) < 4.78 is 42.3. The summed E-state index contributed by atoms with van der Waals surface area (Å²) in [7, 11) is -2.25. The van der Waals surface area contributed by atoms with Crippen LogP contribution in [0.5, 0.6) is 0 Å². The van der Waals surface area contributed by atoms with Gasteiger partial charge in [-0.15, -0.1) is 0 Å². The first-order chi connectivity index (χ1) is 10.9. The molecule has 0 radical (unpaired) electrons. The van der Waals surface area contributed by atoms with Gasteiger partial charge in [0.05, 0.1) is 17.1 Å². The van der Waals surface area contributed by atoms with Crippen LogP contribution in [0.4, 0.5) is 4.39 Å². The third-order valence-electron chi connectivity index (χ3n) is 4.25. The Bertz CT molecular complexity index is 806. The molecule has 0 N–H and O–H groups in total. The van der Waals surface area contributed by atoms with Crippen LogP contribution in [-0.2, 0) is 29.5 Å². The number of aryl methyl sites for hydroxylation is 2. The second-order valence-corrected chi connectivity index (χ2v) is 7.94. The lowest BCUT2D eigenvalue weighted by molar-refractivity contribution is 0.461. The summed E-state index contributed by atoms with van der Waals surface area (Å²) in [6.07, 6.45) is 5.09. The van der Waals surface area contributed by atoms with Crippen LogP contribution in [0.25, 0.3) is 0 Å². The zero-order valence-corrected chi connectivity index (χ0v) is 14.1. The second kappa shape index (κ2) is 6.05. The van der Waals surface area contributed by atoms with Gasteiger partial charge in [0.1, 0.15) is 11.6 Å². The molecular formula is C16H20FN3O2S. The predicted octanol–water partition coefficient (Wildman–Crippen LogP) is 2.49. The van der Waals surface area contributed by atoms with Crippen molar-refractivity contribution in [3.8, 4) is 0 Å². The van der Waals surface area contributed by atoms with E-state index < -0.39 is 15.8 Å². The van der Waals surface area contributed by atoms with E-state index in [1.165, 1.54) is 36.5 Å². The second-order valence-electron chi connectivity index (χ2n) is 5.92. The number of halogens is 1. The third-order valence-corrected chi connectivity index (χ3v) is 6.20. The number of hydrogen-bond donors (Lipinski definition) is 0. The molecular weight excluding hydrogens is 317 g/mol. The van der Waals surface area contributed by atoms with Gasteiger partial charge in [-0.25, -0.2) is 17.8 Å². The molecule has 0 fully saturated rings. The fourth-order valence-corrected chi connectivity index (χ4v) is 4.27. The minimum Gasteiger partial charge on any atom is -0.335 e. The molecule has 124 valence electrons. The third kappa shape index (κ3) is 3.03. The Labute approximate surface area is 135 Å². The van der Waals surface area contributed by atoms with E-state index >= 15 is 0 Å². The minimum atomic E-state index is -3.75. The topological polar surface area (TPSA) is 55.2 Å². The molecule has 1 aromatic heterocycles. The Morgan fingerprint density at radius 2 is 2.13 bits per heavy atom. The number of fused-ring (bicyclic) bond motifs is 1. The van der Waals surface area contributed by atoms with Gasteiger partial charge < -0.3 is 4.57 Å². The molecule has 0 aliphatic carbocycles. The van der Waals surface area contributed by atoms with Gasteiger partial charge >= 0.3 is 0 Å². The molecule has 0 atom stereocenters. The van der Waals surface area contributed by atoms with Gasteiger partial charge in [-0.3, -0.25) is 0 Å². The summed E-state index contributed by atoms with van der Waals surface area (Å²) in [4.78, 5) is 4.52. The van der Waals surface area contributed by atoms with Crippen molar-refractivity contribution in [2.45, 2.75) is 44.2 Å². The Hall–Kier alpha value is -1.73. The Morgan fingerprint density at radius 1 is 1.35 bits per heavy atom. The van der Waals surface area contributed by atoms with Crippen molar-refractivity contribution in [3.05, 3.63) is 47.3 Å². The smallest absolute Gasteiger partial charge is 0.243 e. The summed E-state index contributed by atoms with van der Waals surface area (Å²) in [6.45, 7) is 2.59. The molecule has 23 heavy (non-hydrogen) atoms. The molecule has 2 heterocycles. The highest BCUT2D eigenvalue weighted by atomic mass is 32.2. The number of hydrogen-bond acceptors (Lipinski definition) is 3. The van der Waals surface area contributed by atoms with Crippen molar-refractivity contribution < 1.29 is 12.8 Å². The molecule has 1 aromatic carbocycles. The Kier molecular flexibility index (Phi) is 4.25. The van der Waals surface area contributed by atoms with E-state index in [0.717, 1.165) is 37.3 Å². The largest absolute Gasteiger partial charge is 0.335 e. The van der Waals surface area contributed by atoms with Gasteiger partial charge in [0.25, 0.3) is 0 Å². The number of sulfonamides is 1. The highest BCUT2D eigenvalue weighted by Gasteiger charge is 2.25. The van der Waals surface area contributed by atoms with E-state index in [1.54, 1.807) is 0 Å². The molecule has 7 heteroatoms. The van der Waals surface area contributed by atoms with Crippen LogP contribution in [0.2, 0.25) is 0 Å². The molecule has 0 bridgehead atoms. The molecule has 5 nitrogen and oxygen atoms in total. The zero-order chi connectivity index (χ0) is 16.6. The maximum atomic E-state index is 13.7. The highest BCUT2D eigenvalue weighted by Crippen LogP contribution is 2.23. The first-order valence-corrected chi connectivity index (χ1v) is 9.10. The zero-order valence-electron chi connectivity index (χ0n) is 13.3. The first-order valence-electron chi connectivity index (χ1n) is 7.66. The fraction of sp³-hybridized carbons (Fsp3) is 0.438. The number of rotatable bonds is 4. The number of nitrogens with zero attached hydrogens (tertiary/aromatic N) is 3. The van der Waals surface area contributed by atoms with Crippen molar-refractivity contribution in [1.29, 1.82) is 0 Å². The SMILES string of the molecule is Cc1c(F)cccc1S(=O)(=O)N(C)Cc1cn2c(n1)CCCC2. The van der Waals surface area contributed by atoms with E-state index in [1.807, 2.05) is 6.20 Å². The minimum absolute atomic E-state index is 0.00368. The van der Waals surface area contributed by atoms with E-state index in [9.17, 15) is 12.8 Å². The molecule has 0 saturated heterocycles. The molecule has 0 amide bonds. The van der Waals surface area contributed by atoms with E-state index in [0.29, 0.717) is 0 Å². The predicted molar refractivity (Wildman–Crippen MR) is 85.0 cm³/mol. The summed E-state index contributed by atoms with van der Waals surface area (Å²) in [5.74, 6) is 0.496. The van der Waals surface area contributed by atoms with Crippen molar-refractivity contribution >= 4 is 10.0 Å². The van der Waals surface area contributed by atoms with Crippen LogP contribution < -0.4 is 0 Å². The quantitative estimate of drug-likeness (QED) is 0.861. The number of benzene rings is 1. The van der Waals surface area contributed by atoms with Gasteiger partial charge in [-0.1, -0.05) is 6.07 Å². The highest BCUT2D eigenvalue weighted by molar-refractivity contribution is 7.89. The van der Waals surface area contributed by atoms with Gasteiger partial charge in [0.2, 0.25) is 10.0 Å². The molecule has 3 rings (SSSR count). The fourth-order valence-electron chi connectivity index (χ4n) is 2.90. The lowest BCUT2D eigenvalue weighted by Gasteiger charge is -2.17. The van der Waals surface area contributed by atoms with Crippen LogP contribution in [0.3, 0.4) is 0 Å². The first kappa shape index (κ1) is 16.1. The lowest BCUT2D eigenvalue weighted by atomic mass is 10.2. The van der Waals surface area contributed by atoms with Crippen LogP contribution >= 0.6 is 0 Å². The normalized spacial score (nSPS) is 15.0. The van der Waals surface area contributed by atoms with Crippen LogP contribution in [0.15, 0.2) is 29.3 Å². The number of imidazole rings is 1. The molecule has 0 saturated carbocycles. The Morgan fingerprint density at radius 3 is 2.87 bits per heavy atom.